The van der Waals surface area contributed by atoms with Crippen molar-refractivity contribution >= 4 is 29.0 Å². The van der Waals surface area contributed by atoms with E-state index in [4.69, 9.17) is 10.5 Å². The first-order chi connectivity index (χ1) is 15.4. The largest absolute Gasteiger partial charge is 0.495 e. The zero-order valence-corrected chi connectivity index (χ0v) is 17.6. The van der Waals surface area contributed by atoms with Crippen LogP contribution in [0.5, 0.6) is 5.75 Å². The average molecular weight is 440 g/mol. The first-order valence-corrected chi connectivity index (χ1v) is 9.92. The minimum absolute atomic E-state index is 0.0902. The van der Waals surface area contributed by atoms with Crippen molar-refractivity contribution in [1.29, 1.82) is 0 Å². The van der Waals surface area contributed by atoms with Gasteiger partial charge in [0.1, 0.15) is 34.5 Å². The van der Waals surface area contributed by atoms with Gasteiger partial charge < -0.3 is 26.4 Å². The number of anilines is 4. The molecule has 1 aromatic heterocycles. The van der Waals surface area contributed by atoms with Crippen molar-refractivity contribution in [2.45, 2.75) is 19.9 Å². The number of halogens is 2. The van der Waals surface area contributed by atoms with E-state index in [1.54, 1.807) is 14.0 Å². The van der Waals surface area contributed by atoms with Crippen LogP contribution in [-0.2, 0) is 13.0 Å². The summed E-state index contributed by atoms with van der Waals surface area (Å²) in [6.07, 6.45) is 2.08. The van der Waals surface area contributed by atoms with Gasteiger partial charge in [-0.25, -0.2) is 13.8 Å². The lowest BCUT2D eigenvalue weighted by atomic mass is 10.00. The molecular formula is C22H22F2N6O2. The predicted molar refractivity (Wildman–Crippen MR) is 117 cm³/mol. The van der Waals surface area contributed by atoms with Crippen molar-refractivity contribution in [3.63, 3.8) is 0 Å². The molecule has 10 heteroatoms. The van der Waals surface area contributed by atoms with Crippen LogP contribution in [0.25, 0.3) is 0 Å². The van der Waals surface area contributed by atoms with Crippen LogP contribution in [0.2, 0.25) is 0 Å². The van der Waals surface area contributed by atoms with Gasteiger partial charge >= 0.3 is 0 Å². The maximum absolute atomic E-state index is 14.3. The van der Waals surface area contributed by atoms with Gasteiger partial charge in [0.15, 0.2) is 0 Å². The summed E-state index contributed by atoms with van der Waals surface area (Å²) < 4.78 is 34.2. The molecular weight excluding hydrogens is 418 g/mol. The maximum Gasteiger partial charge on any atom is 0.254 e. The minimum atomic E-state index is -0.843. The van der Waals surface area contributed by atoms with E-state index in [1.807, 2.05) is 12.1 Å². The molecule has 3 aromatic rings. The number of amides is 1. The van der Waals surface area contributed by atoms with Gasteiger partial charge in [-0.15, -0.1) is 0 Å². The number of ether oxygens (including phenoxy) is 1. The Balaban J connectivity index is 1.71. The van der Waals surface area contributed by atoms with Crippen LogP contribution in [0.3, 0.4) is 0 Å². The van der Waals surface area contributed by atoms with Gasteiger partial charge in [-0.3, -0.25) is 4.79 Å². The van der Waals surface area contributed by atoms with Gasteiger partial charge in [-0.2, -0.15) is 4.98 Å². The summed E-state index contributed by atoms with van der Waals surface area (Å²) in [6, 6.07) is 6.22. The van der Waals surface area contributed by atoms with E-state index in [-0.39, 0.29) is 17.3 Å². The summed E-state index contributed by atoms with van der Waals surface area (Å²) in [5.41, 5.74) is 8.16. The van der Waals surface area contributed by atoms with Crippen molar-refractivity contribution in [3.05, 3.63) is 64.4 Å². The number of nitrogens with zero attached hydrogens (tertiary/aromatic N) is 2. The summed E-state index contributed by atoms with van der Waals surface area (Å²) >= 11 is 0. The monoisotopic (exact) mass is 440 g/mol. The summed E-state index contributed by atoms with van der Waals surface area (Å²) in [7, 11) is 1.56. The topological polar surface area (TPSA) is 114 Å². The van der Waals surface area contributed by atoms with E-state index in [0.717, 1.165) is 18.5 Å². The van der Waals surface area contributed by atoms with Crippen molar-refractivity contribution in [2.75, 3.05) is 24.3 Å². The molecule has 4 rings (SSSR count). The normalized spacial score (nSPS) is 12.8. The molecule has 0 spiro atoms. The molecule has 0 fully saturated rings. The molecule has 8 nitrogen and oxygen atoms in total. The van der Waals surface area contributed by atoms with E-state index in [1.165, 1.54) is 23.9 Å². The lowest BCUT2D eigenvalue weighted by Crippen LogP contribution is -2.23. The van der Waals surface area contributed by atoms with Gasteiger partial charge in [0, 0.05) is 12.7 Å². The summed E-state index contributed by atoms with van der Waals surface area (Å²) in [6.45, 7) is 3.18. The number of nitrogens with two attached hydrogens (primary N) is 1. The summed E-state index contributed by atoms with van der Waals surface area (Å²) in [5, 5.41) is 8.90. The van der Waals surface area contributed by atoms with Gasteiger partial charge in [-0.1, -0.05) is 0 Å². The van der Waals surface area contributed by atoms with Crippen LogP contribution in [0.15, 0.2) is 30.5 Å². The first kappa shape index (κ1) is 21.4. The molecule has 1 amide bonds. The van der Waals surface area contributed by atoms with Gasteiger partial charge in [0.2, 0.25) is 5.95 Å². The Bertz CT molecular complexity index is 1180. The summed E-state index contributed by atoms with van der Waals surface area (Å²) in [4.78, 5) is 20.2. The molecule has 2 heterocycles. The van der Waals surface area contributed by atoms with Gasteiger partial charge in [0.25, 0.3) is 5.91 Å². The number of carbonyl (C=O) groups is 1. The molecule has 2 aromatic carbocycles. The predicted octanol–water partition coefficient (Wildman–Crippen LogP) is 3.30. The number of nitrogens with one attached hydrogen (secondary N) is 3. The number of rotatable bonds is 6. The van der Waals surface area contributed by atoms with Crippen LogP contribution >= 0.6 is 0 Å². The standard InChI is InChI=1S/C22H22F2N6O2/c1-11-5-15(23)19(16(24)6-11)29-21-14(20(25)31)10-27-22(30-21)28-17-7-13-9-26-4-3-12(13)8-18(17)32-2/h5-8,10,26H,3-4,9H2,1-2H3,(H2,25,31)(H2,27,28,29,30). The number of primary amides is 1. The van der Waals surface area contributed by atoms with Crippen LogP contribution in [0, 0.1) is 18.6 Å². The second-order valence-electron chi connectivity index (χ2n) is 7.42. The number of hydrogen-bond acceptors (Lipinski definition) is 7. The molecule has 0 unspecified atom stereocenters. The smallest absolute Gasteiger partial charge is 0.254 e. The molecule has 1 aliphatic heterocycles. The van der Waals surface area contributed by atoms with Crippen molar-refractivity contribution in [1.82, 2.24) is 15.3 Å². The number of aryl methyl sites for hydroxylation is 1. The zero-order chi connectivity index (χ0) is 22.8. The Labute approximate surface area is 183 Å². The minimum Gasteiger partial charge on any atom is -0.495 e. The lowest BCUT2D eigenvalue weighted by Gasteiger charge is -2.20. The lowest BCUT2D eigenvalue weighted by molar-refractivity contribution is 0.100. The molecule has 0 bridgehead atoms. The molecule has 5 N–H and O–H groups in total. The van der Waals surface area contributed by atoms with E-state index in [2.05, 4.69) is 25.9 Å². The molecule has 0 atom stereocenters. The highest BCUT2D eigenvalue weighted by atomic mass is 19.1. The van der Waals surface area contributed by atoms with Gasteiger partial charge in [-0.05, 0) is 60.8 Å². The van der Waals surface area contributed by atoms with Crippen molar-refractivity contribution in [3.8, 4) is 5.75 Å². The van der Waals surface area contributed by atoms with Gasteiger partial charge in [0.05, 0.1) is 12.8 Å². The number of hydrogen-bond donors (Lipinski definition) is 4. The second-order valence-corrected chi connectivity index (χ2v) is 7.42. The van der Waals surface area contributed by atoms with Crippen LogP contribution in [-0.4, -0.2) is 29.5 Å². The summed E-state index contributed by atoms with van der Waals surface area (Å²) in [5.74, 6) is -1.93. The fourth-order valence-electron chi connectivity index (χ4n) is 3.55. The zero-order valence-electron chi connectivity index (χ0n) is 17.6. The molecule has 166 valence electrons. The van der Waals surface area contributed by atoms with Crippen LogP contribution in [0.1, 0.15) is 27.0 Å². The molecule has 32 heavy (non-hydrogen) atoms. The van der Waals surface area contributed by atoms with Crippen LogP contribution < -0.4 is 26.4 Å². The molecule has 0 aliphatic carbocycles. The Morgan fingerprint density at radius 2 is 1.91 bits per heavy atom. The van der Waals surface area contributed by atoms with E-state index < -0.39 is 23.2 Å². The Morgan fingerprint density at radius 3 is 2.59 bits per heavy atom. The molecule has 0 saturated carbocycles. The third kappa shape index (κ3) is 4.30. The number of aromatic nitrogens is 2. The number of methoxy groups -OCH3 is 1. The number of benzene rings is 2. The Hall–Kier alpha value is -3.79. The first-order valence-electron chi connectivity index (χ1n) is 9.92. The maximum atomic E-state index is 14.3. The Kier molecular flexibility index (Phi) is 5.87. The highest BCUT2D eigenvalue weighted by Gasteiger charge is 2.19. The van der Waals surface area contributed by atoms with E-state index >= 15 is 0 Å². The third-order valence-corrected chi connectivity index (χ3v) is 5.14. The van der Waals surface area contributed by atoms with Crippen molar-refractivity contribution in [2.24, 2.45) is 5.73 Å². The van der Waals surface area contributed by atoms with Crippen LogP contribution in [0.4, 0.5) is 31.9 Å². The average Bonchev–Trinajstić information content (AvgIpc) is 2.75. The van der Waals surface area contributed by atoms with E-state index in [0.29, 0.717) is 23.5 Å². The molecule has 1 aliphatic rings. The van der Waals surface area contributed by atoms with E-state index in [9.17, 15) is 13.6 Å². The Morgan fingerprint density at radius 1 is 1.16 bits per heavy atom. The third-order valence-electron chi connectivity index (χ3n) is 5.14. The quantitative estimate of drug-likeness (QED) is 0.465. The SMILES string of the molecule is COc1cc2c(cc1Nc1ncc(C(N)=O)c(Nc3c(F)cc(C)cc3F)n1)CNCC2. The fourth-order valence-corrected chi connectivity index (χ4v) is 3.55. The highest BCUT2D eigenvalue weighted by Crippen LogP contribution is 2.32. The fraction of sp³-hybridized carbons (Fsp3) is 0.227. The molecule has 0 saturated heterocycles. The number of carbonyl (C=O) groups excluding carboxylic acids is 1. The second kappa shape index (κ2) is 8.75. The van der Waals surface area contributed by atoms with Crippen molar-refractivity contribution < 1.29 is 18.3 Å². The highest BCUT2D eigenvalue weighted by molar-refractivity contribution is 5.98. The number of fused-ring (bicyclic) bond motifs is 1. The molecule has 0 radical (unpaired) electrons.